The number of ether oxygens (including phenoxy) is 1. The van der Waals surface area contributed by atoms with Crippen molar-refractivity contribution in [1.82, 2.24) is 0 Å². The number of hydrogen-bond donors (Lipinski definition) is 1. The smallest absolute Gasteiger partial charge is 0.120 e. The van der Waals surface area contributed by atoms with Gasteiger partial charge in [0.15, 0.2) is 0 Å². The second-order valence-electron chi connectivity index (χ2n) is 6.04. The van der Waals surface area contributed by atoms with Gasteiger partial charge >= 0.3 is 0 Å². The van der Waals surface area contributed by atoms with Crippen molar-refractivity contribution in [1.29, 1.82) is 0 Å². The fourth-order valence-corrected chi connectivity index (χ4v) is 3.51. The molecular formula is C17H26BrNO. The van der Waals surface area contributed by atoms with Gasteiger partial charge in [0.05, 0.1) is 0 Å². The van der Waals surface area contributed by atoms with Gasteiger partial charge < -0.3 is 10.5 Å². The quantitative estimate of drug-likeness (QED) is 0.844. The van der Waals surface area contributed by atoms with Crippen LogP contribution in [0.4, 0.5) is 0 Å². The number of rotatable bonds is 5. The van der Waals surface area contributed by atoms with Gasteiger partial charge in [0.2, 0.25) is 0 Å². The molecule has 0 aromatic heterocycles. The summed E-state index contributed by atoms with van der Waals surface area (Å²) in [5.74, 6) is 1.71. The van der Waals surface area contributed by atoms with E-state index >= 15 is 0 Å². The molecule has 2 N–H and O–H groups in total. The van der Waals surface area contributed by atoms with Gasteiger partial charge in [-0.15, -0.1) is 0 Å². The molecule has 1 aliphatic rings. The lowest BCUT2D eigenvalue weighted by atomic mass is 9.85. The zero-order chi connectivity index (χ0) is 14.5. The van der Waals surface area contributed by atoms with Gasteiger partial charge in [0.1, 0.15) is 11.9 Å². The minimum absolute atomic E-state index is 0.166. The van der Waals surface area contributed by atoms with Crippen molar-refractivity contribution in [3.63, 3.8) is 0 Å². The Hall–Kier alpha value is -0.540. The van der Waals surface area contributed by atoms with Gasteiger partial charge in [-0.25, -0.2) is 0 Å². The molecule has 0 amide bonds. The third-order valence-corrected chi connectivity index (χ3v) is 4.98. The maximum absolute atomic E-state index is 6.27. The molecule has 20 heavy (non-hydrogen) atoms. The highest BCUT2D eigenvalue weighted by Crippen LogP contribution is 2.32. The first-order valence-electron chi connectivity index (χ1n) is 7.80. The standard InChI is InChI=1S/C17H26BrNO/c1-3-13-6-4-5-7-17(13)20-15-8-9-16(18)14(11-15)10-12(2)19/h8-9,11-13,17H,3-7,10,19H2,1-2H3. The van der Waals surface area contributed by atoms with Crippen LogP contribution in [0.25, 0.3) is 0 Å². The first kappa shape index (κ1) is 15.8. The molecule has 0 spiro atoms. The highest BCUT2D eigenvalue weighted by molar-refractivity contribution is 9.10. The fourth-order valence-electron chi connectivity index (χ4n) is 3.10. The van der Waals surface area contributed by atoms with Gasteiger partial charge in [-0.3, -0.25) is 0 Å². The second kappa shape index (κ2) is 7.46. The van der Waals surface area contributed by atoms with Gasteiger partial charge in [0, 0.05) is 10.5 Å². The molecule has 112 valence electrons. The maximum Gasteiger partial charge on any atom is 0.120 e. The lowest BCUT2D eigenvalue weighted by Crippen LogP contribution is -2.30. The van der Waals surface area contributed by atoms with E-state index in [0.717, 1.165) is 16.6 Å². The molecule has 2 rings (SSSR count). The SMILES string of the molecule is CCC1CCCCC1Oc1ccc(Br)c(CC(C)N)c1. The second-order valence-corrected chi connectivity index (χ2v) is 6.90. The average molecular weight is 340 g/mol. The number of benzene rings is 1. The first-order chi connectivity index (χ1) is 9.60. The lowest BCUT2D eigenvalue weighted by molar-refractivity contribution is 0.0903. The van der Waals surface area contributed by atoms with E-state index < -0.39 is 0 Å². The molecule has 1 fully saturated rings. The van der Waals surface area contributed by atoms with Gasteiger partial charge in [-0.2, -0.15) is 0 Å². The third-order valence-electron chi connectivity index (χ3n) is 4.21. The van der Waals surface area contributed by atoms with Crippen molar-refractivity contribution in [3.05, 3.63) is 28.2 Å². The number of halogens is 1. The molecule has 1 aliphatic carbocycles. The van der Waals surface area contributed by atoms with Crippen LogP contribution >= 0.6 is 15.9 Å². The third kappa shape index (κ3) is 4.23. The van der Waals surface area contributed by atoms with Crippen molar-refractivity contribution in [2.75, 3.05) is 0 Å². The molecule has 0 aliphatic heterocycles. The maximum atomic E-state index is 6.27. The van der Waals surface area contributed by atoms with E-state index in [1.165, 1.54) is 37.7 Å². The molecule has 0 radical (unpaired) electrons. The zero-order valence-corrected chi connectivity index (χ0v) is 14.2. The van der Waals surface area contributed by atoms with Crippen LogP contribution in [0.2, 0.25) is 0 Å². The van der Waals surface area contributed by atoms with E-state index in [0.29, 0.717) is 12.0 Å². The summed E-state index contributed by atoms with van der Waals surface area (Å²) >= 11 is 3.60. The molecule has 2 nitrogen and oxygen atoms in total. The van der Waals surface area contributed by atoms with E-state index in [9.17, 15) is 0 Å². The Bertz CT molecular complexity index is 433. The Balaban J connectivity index is 2.08. The summed E-state index contributed by atoms with van der Waals surface area (Å²) < 4.78 is 7.40. The largest absolute Gasteiger partial charge is 0.490 e. The molecule has 1 saturated carbocycles. The molecule has 0 bridgehead atoms. The lowest BCUT2D eigenvalue weighted by Gasteiger charge is -2.31. The van der Waals surface area contributed by atoms with E-state index in [2.05, 4.69) is 41.1 Å². The predicted octanol–water partition coefficient (Wildman–Crippen LogP) is 4.69. The van der Waals surface area contributed by atoms with Crippen LogP contribution in [0, 0.1) is 5.92 Å². The summed E-state index contributed by atoms with van der Waals surface area (Å²) in [4.78, 5) is 0. The van der Waals surface area contributed by atoms with E-state index in [1.54, 1.807) is 0 Å². The summed E-state index contributed by atoms with van der Waals surface area (Å²) in [7, 11) is 0. The Labute approximate surface area is 131 Å². The Morgan fingerprint density at radius 1 is 1.35 bits per heavy atom. The number of hydrogen-bond acceptors (Lipinski definition) is 2. The summed E-state index contributed by atoms with van der Waals surface area (Å²) in [5.41, 5.74) is 7.15. The van der Waals surface area contributed by atoms with Crippen LogP contribution < -0.4 is 10.5 Å². The van der Waals surface area contributed by atoms with Crippen LogP contribution in [0.5, 0.6) is 5.75 Å². The molecule has 3 heteroatoms. The van der Waals surface area contributed by atoms with Crippen LogP contribution in [0.3, 0.4) is 0 Å². The van der Waals surface area contributed by atoms with E-state index in [4.69, 9.17) is 10.5 Å². The van der Waals surface area contributed by atoms with Crippen molar-refractivity contribution in [2.45, 2.75) is 64.5 Å². The highest BCUT2D eigenvalue weighted by Gasteiger charge is 2.25. The van der Waals surface area contributed by atoms with Crippen LogP contribution in [-0.2, 0) is 6.42 Å². The Kier molecular flexibility index (Phi) is 5.91. The summed E-state index contributed by atoms with van der Waals surface area (Å²) in [6.07, 6.45) is 7.63. The zero-order valence-electron chi connectivity index (χ0n) is 12.6. The molecule has 0 saturated heterocycles. The highest BCUT2D eigenvalue weighted by atomic mass is 79.9. The van der Waals surface area contributed by atoms with Crippen LogP contribution in [0.15, 0.2) is 22.7 Å². The van der Waals surface area contributed by atoms with Crippen molar-refractivity contribution in [3.8, 4) is 5.75 Å². The first-order valence-corrected chi connectivity index (χ1v) is 8.60. The minimum Gasteiger partial charge on any atom is -0.490 e. The molecular weight excluding hydrogens is 314 g/mol. The number of nitrogens with two attached hydrogens (primary N) is 1. The van der Waals surface area contributed by atoms with E-state index in [-0.39, 0.29) is 6.04 Å². The van der Waals surface area contributed by atoms with Crippen molar-refractivity contribution in [2.24, 2.45) is 11.7 Å². The van der Waals surface area contributed by atoms with Gasteiger partial charge in [0.25, 0.3) is 0 Å². The monoisotopic (exact) mass is 339 g/mol. The normalized spacial score (nSPS) is 24.4. The Morgan fingerprint density at radius 2 is 2.10 bits per heavy atom. The Morgan fingerprint density at radius 3 is 2.80 bits per heavy atom. The van der Waals surface area contributed by atoms with Crippen LogP contribution in [-0.4, -0.2) is 12.1 Å². The van der Waals surface area contributed by atoms with Crippen LogP contribution in [0.1, 0.15) is 51.5 Å². The predicted molar refractivity (Wildman–Crippen MR) is 88.2 cm³/mol. The fraction of sp³-hybridized carbons (Fsp3) is 0.647. The van der Waals surface area contributed by atoms with Gasteiger partial charge in [-0.05, 0) is 68.7 Å². The summed E-state index contributed by atoms with van der Waals surface area (Å²) in [6.45, 7) is 4.31. The topological polar surface area (TPSA) is 35.2 Å². The summed E-state index contributed by atoms with van der Waals surface area (Å²) in [6, 6.07) is 6.46. The van der Waals surface area contributed by atoms with E-state index in [1.807, 2.05) is 6.92 Å². The molecule has 1 aromatic rings. The van der Waals surface area contributed by atoms with Crippen molar-refractivity contribution < 1.29 is 4.74 Å². The molecule has 3 atom stereocenters. The van der Waals surface area contributed by atoms with Crippen molar-refractivity contribution >= 4 is 15.9 Å². The minimum atomic E-state index is 0.166. The molecule has 1 aromatic carbocycles. The average Bonchev–Trinajstić information content (AvgIpc) is 2.42. The van der Waals surface area contributed by atoms with Gasteiger partial charge in [-0.1, -0.05) is 29.3 Å². The summed E-state index contributed by atoms with van der Waals surface area (Å²) in [5, 5.41) is 0. The molecule has 3 unspecified atom stereocenters. The molecule has 0 heterocycles.